The average molecular weight is 489 g/mol. The van der Waals surface area contributed by atoms with Crippen LogP contribution in [0.25, 0.3) is 0 Å². The summed E-state index contributed by atoms with van der Waals surface area (Å²) in [5, 5.41) is 10.6. The van der Waals surface area contributed by atoms with Gasteiger partial charge >= 0.3 is 0 Å². The van der Waals surface area contributed by atoms with Crippen molar-refractivity contribution in [2.24, 2.45) is 0 Å². The number of carbonyl (C=O) groups is 2. The zero-order valence-electron chi connectivity index (χ0n) is 19.9. The second kappa shape index (κ2) is 9.40. The van der Waals surface area contributed by atoms with Gasteiger partial charge in [0.25, 0.3) is 5.91 Å². The van der Waals surface area contributed by atoms with Gasteiger partial charge < -0.3 is 15.4 Å². The van der Waals surface area contributed by atoms with Gasteiger partial charge in [-0.1, -0.05) is 25.8 Å². The standard InChI is InChI=1S/C24H32N4O5S/c1-4-6-7-8-19-21(25-20(29)14-34(3,31)32)22-23(30)26-24(15-28(22)27-19)12-11-16-13-17(33-5-2)9-10-18(16)24/h9-10,13H,4-8,11-12,14-15H2,1-3H3,(H,25,29)(H,26,30)/t24-/m1/s1. The lowest BCUT2D eigenvalue weighted by Gasteiger charge is -2.36. The monoisotopic (exact) mass is 488 g/mol. The highest BCUT2D eigenvalue weighted by molar-refractivity contribution is 7.91. The number of carbonyl (C=O) groups excluding carboxylic acids is 2. The SMILES string of the molecule is CCCCCc1nn2c(c1NC(=O)CS(C)(=O)=O)C(=O)N[C@]1(CCc3cc(OCC)ccc31)C2. The normalized spacial score (nSPS) is 19.0. The zero-order valence-corrected chi connectivity index (χ0v) is 20.8. The number of anilines is 1. The summed E-state index contributed by atoms with van der Waals surface area (Å²) < 4.78 is 30.5. The van der Waals surface area contributed by atoms with Crippen LogP contribution in [-0.4, -0.2) is 48.6 Å². The molecule has 10 heteroatoms. The molecule has 34 heavy (non-hydrogen) atoms. The summed E-state index contributed by atoms with van der Waals surface area (Å²) in [6.07, 6.45) is 6.03. The minimum Gasteiger partial charge on any atom is -0.494 e. The number of rotatable bonds is 9. The van der Waals surface area contributed by atoms with Gasteiger partial charge in [0.05, 0.1) is 30.1 Å². The molecule has 184 valence electrons. The van der Waals surface area contributed by atoms with Crippen LogP contribution in [0.4, 0.5) is 5.69 Å². The Labute approximate surface area is 200 Å². The van der Waals surface area contributed by atoms with Gasteiger partial charge in [-0.2, -0.15) is 5.10 Å². The first-order valence-corrected chi connectivity index (χ1v) is 13.9. The third-order valence-corrected chi connectivity index (χ3v) is 7.20. The lowest BCUT2D eigenvalue weighted by Crippen LogP contribution is -2.52. The Balaban J connectivity index is 1.68. The second-order valence-electron chi connectivity index (χ2n) is 9.19. The van der Waals surface area contributed by atoms with Crippen LogP contribution in [0.15, 0.2) is 18.2 Å². The smallest absolute Gasteiger partial charge is 0.272 e. The molecule has 1 aliphatic heterocycles. The van der Waals surface area contributed by atoms with Crippen molar-refractivity contribution >= 4 is 27.3 Å². The van der Waals surface area contributed by atoms with Crippen molar-refractivity contribution in [1.29, 1.82) is 0 Å². The van der Waals surface area contributed by atoms with Gasteiger partial charge in [-0.15, -0.1) is 0 Å². The van der Waals surface area contributed by atoms with E-state index in [1.807, 2.05) is 25.1 Å². The third-order valence-electron chi connectivity index (χ3n) is 6.41. The summed E-state index contributed by atoms with van der Waals surface area (Å²) in [5.41, 5.74) is 2.83. The second-order valence-corrected chi connectivity index (χ2v) is 11.3. The van der Waals surface area contributed by atoms with Crippen LogP contribution in [0.3, 0.4) is 0 Å². The number of aryl methyl sites for hydroxylation is 2. The molecule has 0 bridgehead atoms. The molecule has 0 radical (unpaired) electrons. The van der Waals surface area contributed by atoms with Crippen molar-refractivity contribution in [3.05, 3.63) is 40.7 Å². The van der Waals surface area contributed by atoms with E-state index < -0.39 is 27.0 Å². The summed E-state index contributed by atoms with van der Waals surface area (Å²) in [6.45, 7) is 5.07. The fraction of sp³-hybridized carbons (Fsp3) is 0.542. The van der Waals surface area contributed by atoms with Crippen LogP contribution in [0.1, 0.15) is 66.8 Å². The Morgan fingerprint density at radius 2 is 2.09 bits per heavy atom. The summed E-state index contributed by atoms with van der Waals surface area (Å²) in [5.74, 6) is -0.823. The van der Waals surface area contributed by atoms with Crippen molar-refractivity contribution in [2.45, 2.75) is 64.5 Å². The molecule has 1 spiro atoms. The fourth-order valence-electron chi connectivity index (χ4n) is 4.97. The topological polar surface area (TPSA) is 119 Å². The van der Waals surface area contributed by atoms with Gasteiger partial charge in [-0.3, -0.25) is 14.3 Å². The van der Waals surface area contributed by atoms with E-state index in [-0.39, 0.29) is 11.6 Å². The van der Waals surface area contributed by atoms with Crippen LogP contribution < -0.4 is 15.4 Å². The number of amides is 2. The van der Waals surface area contributed by atoms with Crippen molar-refractivity contribution in [1.82, 2.24) is 15.1 Å². The number of fused-ring (bicyclic) bond motifs is 3. The maximum atomic E-state index is 13.4. The van der Waals surface area contributed by atoms with E-state index >= 15 is 0 Å². The van der Waals surface area contributed by atoms with E-state index in [0.717, 1.165) is 55.2 Å². The summed E-state index contributed by atoms with van der Waals surface area (Å²) in [7, 11) is -3.50. The molecular formula is C24H32N4O5S. The van der Waals surface area contributed by atoms with Gasteiger partial charge in [0.1, 0.15) is 17.2 Å². The van der Waals surface area contributed by atoms with Gasteiger partial charge in [0.2, 0.25) is 5.91 Å². The van der Waals surface area contributed by atoms with Crippen LogP contribution >= 0.6 is 0 Å². The fourth-order valence-corrected chi connectivity index (χ4v) is 5.52. The molecule has 0 saturated carbocycles. The van der Waals surface area contributed by atoms with Crippen LogP contribution in [0, 0.1) is 0 Å². The maximum absolute atomic E-state index is 13.4. The predicted molar refractivity (Wildman–Crippen MR) is 129 cm³/mol. The first kappa shape index (κ1) is 24.3. The van der Waals surface area contributed by atoms with Crippen LogP contribution in [0.2, 0.25) is 0 Å². The van der Waals surface area contributed by atoms with Crippen LogP contribution in [0.5, 0.6) is 5.75 Å². The van der Waals surface area contributed by atoms with Crippen molar-refractivity contribution in [2.75, 3.05) is 23.9 Å². The third kappa shape index (κ3) is 4.82. The summed E-state index contributed by atoms with van der Waals surface area (Å²) in [6, 6.07) is 5.97. The first-order chi connectivity index (χ1) is 16.2. The molecule has 2 aromatic rings. The Morgan fingerprint density at radius 3 is 2.79 bits per heavy atom. The molecule has 2 heterocycles. The number of unbranched alkanes of at least 4 members (excludes halogenated alkanes) is 2. The molecule has 1 atom stereocenters. The van der Waals surface area contributed by atoms with Gasteiger partial charge in [0, 0.05) is 6.26 Å². The van der Waals surface area contributed by atoms with E-state index in [4.69, 9.17) is 9.84 Å². The molecule has 0 saturated heterocycles. The summed E-state index contributed by atoms with van der Waals surface area (Å²) >= 11 is 0. The quantitative estimate of drug-likeness (QED) is 0.524. The predicted octanol–water partition coefficient (Wildman–Crippen LogP) is 2.58. The molecule has 2 aliphatic rings. The van der Waals surface area contributed by atoms with E-state index in [2.05, 4.69) is 17.6 Å². The highest BCUT2D eigenvalue weighted by atomic mass is 32.2. The number of hydrogen-bond acceptors (Lipinski definition) is 6. The number of ether oxygens (including phenoxy) is 1. The van der Waals surface area contributed by atoms with Crippen molar-refractivity contribution < 1.29 is 22.7 Å². The number of benzene rings is 1. The minimum atomic E-state index is -3.50. The highest BCUT2D eigenvalue weighted by Crippen LogP contribution is 2.43. The lowest BCUT2D eigenvalue weighted by molar-refractivity contribution is -0.113. The molecule has 1 aliphatic carbocycles. The number of hydrogen-bond donors (Lipinski definition) is 2. The van der Waals surface area contributed by atoms with E-state index in [1.165, 1.54) is 0 Å². The molecule has 2 N–H and O–H groups in total. The number of nitrogens with zero attached hydrogens (tertiary/aromatic N) is 2. The Morgan fingerprint density at radius 1 is 1.29 bits per heavy atom. The molecule has 9 nitrogen and oxygen atoms in total. The van der Waals surface area contributed by atoms with Gasteiger partial charge in [-0.25, -0.2) is 8.42 Å². The molecule has 1 aromatic carbocycles. The molecule has 1 aromatic heterocycles. The van der Waals surface area contributed by atoms with E-state index in [0.29, 0.717) is 31.0 Å². The van der Waals surface area contributed by atoms with Crippen molar-refractivity contribution in [3.8, 4) is 5.75 Å². The zero-order chi connectivity index (χ0) is 24.5. The molecular weight excluding hydrogens is 456 g/mol. The first-order valence-electron chi connectivity index (χ1n) is 11.8. The van der Waals surface area contributed by atoms with Gasteiger partial charge in [0.15, 0.2) is 9.84 Å². The Hall–Kier alpha value is -2.88. The van der Waals surface area contributed by atoms with Gasteiger partial charge in [-0.05, 0) is 55.9 Å². The summed E-state index contributed by atoms with van der Waals surface area (Å²) in [4.78, 5) is 25.8. The van der Waals surface area contributed by atoms with E-state index in [1.54, 1.807) is 4.68 Å². The number of nitrogens with one attached hydrogen (secondary N) is 2. The van der Waals surface area contributed by atoms with E-state index in [9.17, 15) is 18.0 Å². The molecule has 2 amide bonds. The largest absolute Gasteiger partial charge is 0.494 e. The lowest BCUT2D eigenvalue weighted by atomic mass is 9.89. The number of sulfone groups is 1. The van der Waals surface area contributed by atoms with Crippen LogP contribution in [-0.2, 0) is 39.6 Å². The Bertz CT molecular complexity index is 1220. The molecule has 0 unspecified atom stereocenters. The average Bonchev–Trinajstić information content (AvgIpc) is 3.25. The molecule has 0 fully saturated rings. The highest BCUT2D eigenvalue weighted by Gasteiger charge is 2.46. The minimum absolute atomic E-state index is 0.276. The molecule has 4 rings (SSSR count). The maximum Gasteiger partial charge on any atom is 0.272 e. The Kier molecular flexibility index (Phi) is 6.71. The number of aromatic nitrogens is 2. The van der Waals surface area contributed by atoms with Crippen molar-refractivity contribution in [3.63, 3.8) is 0 Å².